The Morgan fingerprint density at radius 1 is 1.29 bits per heavy atom. The lowest BCUT2D eigenvalue weighted by Crippen LogP contribution is -2.46. The molecule has 1 fully saturated rings. The molecule has 0 aliphatic carbocycles. The second-order valence-corrected chi connectivity index (χ2v) is 5.67. The van der Waals surface area contributed by atoms with E-state index >= 15 is 0 Å². The molecule has 24 heavy (non-hydrogen) atoms. The molecule has 1 aliphatic rings. The lowest BCUT2D eigenvalue weighted by atomic mass is 9.97. The minimum Gasteiger partial charge on any atom is -0.493 e. The average molecular weight is 356 g/mol. The van der Waals surface area contributed by atoms with E-state index in [2.05, 4.69) is 5.32 Å². The third-order valence-corrected chi connectivity index (χ3v) is 3.92. The van der Waals surface area contributed by atoms with E-state index in [0.29, 0.717) is 39.2 Å². The zero-order chi connectivity index (χ0) is 16.5. The van der Waals surface area contributed by atoms with Crippen molar-refractivity contribution in [1.82, 2.24) is 10.2 Å². The van der Waals surface area contributed by atoms with Crippen LogP contribution in [-0.4, -0.2) is 49.5 Å². The van der Waals surface area contributed by atoms with Crippen LogP contribution in [0.3, 0.4) is 0 Å². The number of carbonyl (C=O) groups excluding carboxylic acids is 2. The Morgan fingerprint density at radius 3 is 2.75 bits per heavy atom. The van der Waals surface area contributed by atoms with Gasteiger partial charge < -0.3 is 20.7 Å². The Kier molecular flexibility index (Phi) is 9.19. The fraction of sp³-hybridized carbons (Fsp3) is 0.529. The summed E-state index contributed by atoms with van der Waals surface area (Å²) in [4.78, 5) is 26.0. The molecule has 0 saturated carbocycles. The van der Waals surface area contributed by atoms with Crippen LogP contribution in [0.5, 0.6) is 5.75 Å². The molecule has 1 aromatic carbocycles. The van der Waals surface area contributed by atoms with E-state index in [0.717, 1.165) is 18.6 Å². The van der Waals surface area contributed by atoms with Gasteiger partial charge in [0.2, 0.25) is 11.8 Å². The highest BCUT2D eigenvalue weighted by Gasteiger charge is 2.27. The fourth-order valence-corrected chi connectivity index (χ4v) is 2.69. The second kappa shape index (κ2) is 10.9. The first kappa shape index (κ1) is 20.3. The lowest BCUT2D eigenvalue weighted by Gasteiger charge is -2.32. The molecule has 1 aliphatic heterocycles. The Hall–Kier alpha value is -1.79. The summed E-state index contributed by atoms with van der Waals surface area (Å²) in [5.74, 6) is 0.665. The normalized spacial score (nSPS) is 16.9. The number of rotatable bonds is 7. The van der Waals surface area contributed by atoms with Crippen molar-refractivity contribution < 1.29 is 14.3 Å². The van der Waals surface area contributed by atoms with Crippen molar-refractivity contribution in [2.45, 2.75) is 19.3 Å². The number of carbonyl (C=O) groups is 2. The molecule has 134 valence electrons. The molecule has 3 N–H and O–H groups in total. The van der Waals surface area contributed by atoms with Gasteiger partial charge >= 0.3 is 0 Å². The van der Waals surface area contributed by atoms with Crippen molar-refractivity contribution in [1.29, 1.82) is 0 Å². The first-order valence-electron chi connectivity index (χ1n) is 8.14. The highest BCUT2D eigenvalue weighted by atomic mass is 35.5. The molecule has 1 heterocycles. The number of hydrogen-bond acceptors (Lipinski definition) is 4. The topological polar surface area (TPSA) is 84.7 Å². The van der Waals surface area contributed by atoms with E-state index in [1.165, 1.54) is 0 Å². The van der Waals surface area contributed by atoms with Crippen molar-refractivity contribution in [3.05, 3.63) is 30.3 Å². The number of piperidine rings is 1. The molecule has 1 unspecified atom stereocenters. The summed E-state index contributed by atoms with van der Waals surface area (Å²) in [6, 6.07) is 9.44. The zero-order valence-corrected chi connectivity index (χ0v) is 14.6. The summed E-state index contributed by atoms with van der Waals surface area (Å²) in [6.45, 7) is 2.46. The predicted molar refractivity (Wildman–Crippen MR) is 95.2 cm³/mol. The Bertz CT molecular complexity index is 513. The molecule has 0 bridgehead atoms. The fourth-order valence-electron chi connectivity index (χ4n) is 2.69. The standard InChI is InChI=1S/C17H25N3O3.ClH/c18-9-10-19-17(22)14-5-4-11-20(13-14)16(21)8-12-23-15-6-2-1-3-7-15;/h1-3,6-7,14H,4-5,8-13,18H2,(H,19,22);1H. The number of nitrogens with one attached hydrogen (secondary N) is 1. The maximum Gasteiger partial charge on any atom is 0.226 e. The van der Waals surface area contributed by atoms with Crippen LogP contribution in [-0.2, 0) is 9.59 Å². The number of benzene rings is 1. The van der Waals surface area contributed by atoms with Crippen molar-refractivity contribution in [2.75, 3.05) is 32.8 Å². The van der Waals surface area contributed by atoms with Gasteiger partial charge in [0.25, 0.3) is 0 Å². The Morgan fingerprint density at radius 2 is 2.04 bits per heavy atom. The van der Waals surface area contributed by atoms with Gasteiger partial charge in [-0.15, -0.1) is 12.4 Å². The number of para-hydroxylation sites is 1. The SMILES string of the molecule is Cl.NCCNC(=O)C1CCCN(C(=O)CCOc2ccccc2)C1. The maximum atomic E-state index is 12.3. The Balaban J connectivity index is 0.00000288. The van der Waals surface area contributed by atoms with Crippen molar-refractivity contribution in [3.63, 3.8) is 0 Å². The molecule has 1 saturated heterocycles. The van der Waals surface area contributed by atoms with E-state index in [-0.39, 0.29) is 30.1 Å². The van der Waals surface area contributed by atoms with Crippen LogP contribution in [0.15, 0.2) is 30.3 Å². The van der Waals surface area contributed by atoms with Gasteiger partial charge in [0, 0.05) is 26.2 Å². The number of halogens is 1. The molecule has 0 aromatic heterocycles. The smallest absolute Gasteiger partial charge is 0.226 e. The summed E-state index contributed by atoms with van der Waals surface area (Å²) < 4.78 is 5.55. The van der Waals surface area contributed by atoms with Crippen LogP contribution in [0.2, 0.25) is 0 Å². The van der Waals surface area contributed by atoms with Crippen LogP contribution in [0.1, 0.15) is 19.3 Å². The second-order valence-electron chi connectivity index (χ2n) is 5.67. The third kappa shape index (κ3) is 6.37. The monoisotopic (exact) mass is 355 g/mol. The molecule has 2 amide bonds. The summed E-state index contributed by atoms with van der Waals surface area (Å²) in [7, 11) is 0. The number of likely N-dealkylation sites (tertiary alicyclic amines) is 1. The van der Waals surface area contributed by atoms with Crippen molar-refractivity contribution >= 4 is 24.2 Å². The zero-order valence-electron chi connectivity index (χ0n) is 13.8. The molecule has 1 atom stereocenters. The number of nitrogens with two attached hydrogens (primary N) is 1. The van der Waals surface area contributed by atoms with E-state index in [1.54, 1.807) is 4.90 Å². The molecule has 1 aromatic rings. The number of hydrogen-bond donors (Lipinski definition) is 2. The molecule has 0 radical (unpaired) electrons. The number of amides is 2. The van der Waals surface area contributed by atoms with Gasteiger partial charge in [-0.1, -0.05) is 18.2 Å². The molecular weight excluding hydrogens is 330 g/mol. The highest BCUT2D eigenvalue weighted by molar-refractivity contribution is 5.85. The van der Waals surface area contributed by atoms with Gasteiger partial charge in [-0.3, -0.25) is 9.59 Å². The predicted octanol–water partition coefficient (Wildman–Crippen LogP) is 1.19. The van der Waals surface area contributed by atoms with Crippen LogP contribution < -0.4 is 15.8 Å². The van der Waals surface area contributed by atoms with Gasteiger partial charge in [-0.25, -0.2) is 0 Å². The highest BCUT2D eigenvalue weighted by Crippen LogP contribution is 2.17. The lowest BCUT2D eigenvalue weighted by molar-refractivity contribution is -0.136. The van der Waals surface area contributed by atoms with Crippen LogP contribution in [0.25, 0.3) is 0 Å². The van der Waals surface area contributed by atoms with Gasteiger partial charge in [-0.2, -0.15) is 0 Å². The summed E-state index contributed by atoms with van der Waals surface area (Å²) >= 11 is 0. The quantitative estimate of drug-likeness (QED) is 0.769. The van der Waals surface area contributed by atoms with E-state index in [4.69, 9.17) is 10.5 Å². The summed E-state index contributed by atoms with van der Waals surface area (Å²) in [5, 5.41) is 2.80. The molecule has 0 spiro atoms. The van der Waals surface area contributed by atoms with Crippen molar-refractivity contribution in [2.24, 2.45) is 11.7 Å². The van der Waals surface area contributed by atoms with Gasteiger partial charge in [0.15, 0.2) is 0 Å². The molecular formula is C17H26ClN3O3. The molecule has 2 rings (SSSR count). The van der Waals surface area contributed by atoms with Gasteiger partial charge in [0.1, 0.15) is 5.75 Å². The molecule has 6 nitrogen and oxygen atoms in total. The largest absolute Gasteiger partial charge is 0.493 e. The first-order valence-corrected chi connectivity index (χ1v) is 8.14. The first-order chi connectivity index (χ1) is 11.2. The number of ether oxygens (including phenoxy) is 1. The summed E-state index contributed by atoms with van der Waals surface area (Å²) in [5.41, 5.74) is 5.39. The summed E-state index contributed by atoms with van der Waals surface area (Å²) in [6.07, 6.45) is 2.00. The minimum atomic E-state index is -0.130. The Labute approximate surface area is 149 Å². The van der Waals surface area contributed by atoms with Crippen LogP contribution in [0.4, 0.5) is 0 Å². The third-order valence-electron chi connectivity index (χ3n) is 3.92. The van der Waals surface area contributed by atoms with Gasteiger partial charge in [0.05, 0.1) is 18.9 Å². The van der Waals surface area contributed by atoms with E-state index in [1.807, 2.05) is 30.3 Å². The minimum absolute atomic E-state index is 0. The van der Waals surface area contributed by atoms with Crippen LogP contribution >= 0.6 is 12.4 Å². The number of nitrogens with zero attached hydrogens (tertiary/aromatic N) is 1. The average Bonchev–Trinajstić information content (AvgIpc) is 2.60. The molecule has 7 heteroatoms. The van der Waals surface area contributed by atoms with E-state index in [9.17, 15) is 9.59 Å². The van der Waals surface area contributed by atoms with Crippen molar-refractivity contribution in [3.8, 4) is 5.75 Å². The van der Waals surface area contributed by atoms with Crippen LogP contribution in [0, 0.1) is 5.92 Å². The van der Waals surface area contributed by atoms with Gasteiger partial charge in [-0.05, 0) is 25.0 Å². The van der Waals surface area contributed by atoms with E-state index < -0.39 is 0 Å². The maximum absolute atomic E-state index is 12.3.